The molecule has 2 aliphatic rings. The first-order valence-corrected chi connectivity index (χ1v) is 13.6. The first kappa shape index (κ1) is 29.1. The number of fused-ring (bicyclic) bond motifs is 1. The number of methoxy groups -OCH3 is 1. The number of nitrogens with zero attached hydrogens (tertiary/aromatic N) is 3. The number of hydrazine groups is 1. The first-order valence-electron chi connectivity index (χ1n) is 12.8. The van der Waals surface area contributed by atoms with E-state index in [0.29, 0.717) is 10.6 Å². The van der Waals surface area contributed by atoms with Gasteiger partial charge in [-0.05, 0) is 52.6 Å². The highest BCUT2D eigenvalue weighted by Gasteiger charge is 2.37. The number of nitrogens with one attached hydrogen (secondary N) is 1. The largest absolute Gasteiger partial charge is 0.400 e. The first-order chi connectivity index (χ1) is 18.9. The lowest BCUT2D eigenvalue weighted by atomic mass is 10.0. The van der Waals surface area contributed by atoms with Crippen LogP contribution in [-0.4, -0.2) is 86.3 Å². The molecule has 4 atom stereocenters. The van der Waals surface area contributed by atoms with E-state index in [1.807, 2.05) is 12.1 Å². The Bertz CT molecular complexity index is 1210. The van der Waals surface area contributed by atoms with Crippen LogP contribution in [0.3, 0.4) is 0 Å². The van der Waals surface area contributed by atoms with E-state index >= 15 is 0 Å². The van der Waals surface area contributed by atoms with Gasteiger partial charge in [-0.25, -0.2) is 5.84 Å². The Morgan fingerprint density at radius 3 is 2.74 bits per heavy atom. The summed E-state index contributed by atoms with van der Waals surface area (Å²) < 4.78 is 19.3. The van der Waals surface area contributed by atoms with E-state index in [0.717, 1.165) is 42.6 Å². The number of ether oxygens (including phenoxy) is 3. The monoisotopic (exact) mass is 556 g/mol. The zero-order valence-corrected chi connectivity index (χ0v) is 22.7. The van der Waals surface area contributed by atoms with E-state index in [1.165, 1.54) is 36.0 Å². The highest BCUT2D eigenvalue weighted by Crippen LogP contribution is 2.26. The van der Waals surface area contributed by atoms with Crippen LogP contribution in [0.1, 0.15) is 12.0 Å². The van der Waals surface area contributed by atoms with Crippen LogP contribution < -0.4 is 21.2 Å². The van der Waals surface area contributed by atoms with Crippen molar-refractivity contribution in [3.05, 3.63) is 58.8 Å². The second-order valence-corrected chi connectivity index (χ2v) is 10.4. The summed E-state index contributed by atoms with van der Waals surface area (Å²) in [5.74, 6) is 6.01. The smallest absolute Gasteiger partial charge is 0.160 e. The molecular weight excluding hydrogens is 520 g/mol. The molecule has 7 N–H and O–H groups in total. The van der Waals surface area contributed by atoms with Crippen molar-refractivity contribution in [3.8, 4) is 6.07 Å². The van der Waals surface area contributed by atoms with Crippen LogP contribution >= 0.6 is 11.9 Å². The van der Waals surface area contributed by atoms with Crippen LogP contribution in [0.2, 0.25) is 0 Å². The maximum Gasteiger partial charge on any atom is 0.160 e. The third-order valence-electron chi connectivity index (χ3n) is 6.61. The molecule has 11 nitrogen and oxygen atoms in total. The quantitative estimate of drug-likeness (QED) is 0.123. The molecule has 210 valence electrons. The molecule has 0 radical (unpaired) electrons. The van der Waals surface area contributed by atoms with E-state index < -0.39 is 24.6 Å². The molecule has 0 amide bonds. The zero-order chi connectivity index (χ0) is 27.8. The van der Waals surface area contributed by atoms with Gasteiger partial charge in [0.2, 0.25) is 0 Å². The molecule has 2 fully saturated rings. The Balaban J connectivity index is 1.30. The third kappa shape index (κ3) is 8.07. The van der Waals surface area contributed by atoms with Crippen LogP contribution in [-0.2, 0) is 14.2 Å². The van der Waals surface area contributed by atoms with Gasteiger partial charge in [-0.1, -0.05) is 18.2 Å². The average molecular weight is 557 g/mol. The molecule has 0 aromatic heterocycles. The summed E-state index contributed by atoms with van der Waals surface area (Å²) >= 11 is 1.18. The summed E-state index contributed by atoms with van der Waals surface area (Å²) in [6, 6.07) is 14.7. The Morgan fingerprint density at radius 2 is 2.00 bits per heavy atom. The second kappa shape index (κ2) is 14.0. The fourth-order valence-corrected chi connectivity index (χ4v) is 5.17. The molecule has 12 heteroatoms. The zero-order valence-electron chi connectivity index (χ0n) is 21.9. The highest BCUT2D eigenvalue weighted by molar-refractivity contribution is 8.01. The predicted octanol–water partition coefficient (Wildman–Crippen LogP) is 1.24. The van der Waals surface area contributed by atoms with E-state index in [2.05, 4.69) is 46.0 Å². The fourth-order valence-electron chi connectivity index (χ4n) is 4.53. The number of benzene rings is 2. The molecule has 2 aromatic carbocycles. The molecule has 2 heterocycles. The maximum atomic E-state index is 10.2. The SMILES string of the molecule is CO[C@@H]1CC(O)[C@H](O)C(CN(N)/C=C(\N)CNS/C(C#N)=C/c2ccc3cc(N4CCOCC4)ccc3c2)O1. The maximum absolute atomic E-state index is 10.2. The van der Waals surface area contributed by atoms with Crippen molar-refractivity contribution in [2.45, 2.75) is 31.0 Å². The van der Waals surface area contributed by atoms with Crippen molar-refractivity contribution in [2.75, 3.05) is 51.4 Å². The lowest BCUT2D eigenvalue weighted by Gasteiger charge is -2.37. The van der Waals surface area contributed by atoms with Crippen LogP contribution in [0.5, 0.6) is 0 Å². The number of nitrogens with two attached hydrogens (primary N) is 2. The number of hydrogen-bond acceptors (Lipinski definition) is 12. The molecule has 0 bridgehead atoms. The van der Waals surface area contributed by atoms with Crippen molar-refractivity contribution in [1.82, 2.24) is 9.73 Å². The Labute approximate surface area is 232 Å². The second-order valence-electron chi connectivity index (χ2n) is 9.47. The van der Waals surface area contributed by atoms with Gasteiger partial charge in [-0.15, -0.1) is 0 Å². The van der Waals surface area contributed by atoms with E-state index in [9.17, 15) is 15.5 Å². The normalized spacial score (nSPS) is 24.5. The van der Waals surface area contributed by atoms with Gasteiger partial charge in [0, 0.05) is 50.7 Å². The number of rotatable bonds is 10. The Hall–Kier alpha value is -2.86. The number of morpholine rings is 1. The van der Waals surface area contributed by atoms with Gasteiger partial charge < -0.3 is 40.1 Å². The van der Waals surface area contributed by atoms with Gasteiger partial charge in [0.15, 0.2) is 6.29 Å². The summed E-state index contributed by atoms with van der Waals surface area (Å²) in [5, 5.41) is 33.3. The average Bonchev–Trinajstić information content (AvgIpc) is 2.94. The molecule has 2 unspecified atom stereocenters. The molecule has 2 aromatic rings. The number of aliphatic hydroxyl groups excluding tert-OH is 2. The number of allylic oxidation sites excluding steroid dienone is 1. The van der Waals surface area contributed by atoms with Gasteiger partial charge in [0.25, 0.3) is 0 Å². The third-order valence-corrected chi connectivity index (χ3v) is 7.33. The minimum atomic E-state index is -1.09. The topological polar surface area (TPSA) is 162 Å². The molecule has 2 saturated heterocycles. The minimum Gasteiger partial charge on any atom is -0.400 e. The van der Waals surface area contributed by atoms with Gasteiger partial charge in [-0.3, -0.25) is 4.72 Å². The summed E-state index contributed by atoms with van der Waals surface area (Å²) in [6.45, 7) is 3.64. The lowest BCUT2D eigenvalue weighted by molar-refractivity contribution is -0.244. The van der Waals surface area contributed by atoms with Crippen LogP contribution in [0.25, 0.3) is 16.8 Å². The van der Waals surface area contributed by atoms with E-state index in [4.69, 9.17) is 25.8 Å². The van der Waals surface area contributed by atoms with Crippen LogP contribution in [0, 0.1) is 11.3 Å². The van der Waals surface area contributed by atoms with Crippen molar-refractivity contribution in [1.29, 1.82) is 5.26 Å². The summed E-state index contributed by atoms with van der Waals surface area (Å²) in [7, 11) is 1.47. The van der Waals surface area contributed by atoms with E-state index in [-0.39, 0.29) is 19.5 Å². The lowest BCUT2D eigenvalue weighted by Crippen LogP contribution is -2.53. The van der Waals surface area contributed by atoms with Crippen molar-refractivity contribution >= 4 is 34.5 Å². The molecule has 0 spiro atoms. The number of anilines is 1. The predicted molar refractivity (Wildman–Crippen MR) is 152 cm³/mol. The number of aliphatic hydroxyl groups is 2. The molecule has 0 aliphatic carbocycles. The van der Waals surface area contributed by atoms with Crippen molar-refractivity contribution < 1.29 is 24.4 Å². The Kier molecular flexibility index (Phi) is 10.4. The van der Waals surface area contributed by atoms with Crippen LogP contribution in [0.15, 0.2) is 53.2 Å². The summed E-state index contributed by atoms with van der Waals surface area (Å²) in [5.41, 5.74) is 8.60. The van der Waals surface area contributed by atoms with Crippen molar-refractivity contribution in [2.24, 2.45) is 11.6 Å². The molecule has 0 saturated carbocycles. The summed E-state index contributed by atoms with van der Waals surface area (Å²) in [6.07, 6.45) is 0.104. The molecule has 39 heavy (non-hydrogen) atoms. The molecular formula is C27H36N6O5S. The highest BCUT2D eigenvalue weighted by atomic mass is 32.2. The van der Waals surface area contributed by atoms with Gasteiger partial charge in [-0.2, -0.15) is 5.26 Å². The minimum absolute atomic E-state index is 0.102. The van der Waals surface area contributed by atoms with Gasteiger partial charge >= 0.3 is 0 Å². The van der Waals surface area contributed by atoms with Gasteiger partial charge in [0.05, 0.1) is 25.9 Å². The fraction of sp³-hybridized carbons (Fsp3) is 0.444. The number of nitriles is 1. The standard InChI is InChI=1S/C27H36N6O5S/c1-36-26-13-24(34)27(35)25(38-26)17-33(30)16-21(29)15-31-39-23(14-28)11-18-2-3-20-12-22(5-4-19(20)10-18)32-6-8-37-9-7-32/h2-5,10-12,16,24-27,31,34-35H,6-9,13,15,17,29-30H2,1H3/b21-16-,23-11+/t24?,25?,26-,27-/m0/s1. The van der Waals surface area contributed by atoms with E-state index in [1.54, 1.807) is 0 Å². The van der Waals surface area contributed by atoms with Crippen LogP contribution in [0.4, 0.5) is 5.69 Å². The Morgan fingerprint density at radius 1 is 1.26 bits per heavy atom. The summed E-state index contributed by atoms with van der Waals surface area (Å²) in [4.78, 5) is 2.81. The number of hydrogen-bond donors (Lipinski definition) is 5. The molecule has 4 rings (SSSR count). The molecule has 2 aliphatic heterocycles. The van der Waals surface area contributed by atoms with Gasteiger partial charge in [0.1, 0.15) is 23.2 Å². The van der Waals surface area contributed by atoms with Crippen molar-refractivity contribution in [3.63, 3.8) is 0 Å².